The van der Waals surface area contributed by atoms with Crippen LogP contribution in [0.25, 0.3) is 11.5 Å². The Morgan fingerprint density at radius 2 is 2.06 bits per heavy atom. The van der Waals surface area contributed by atoms with Crippen LogP contribution in [-0.2, 0) is 0 Å². The number of hydrogen-bond donors (Lipinski definition) is 1. The molecule has 17 heavy (non-hydrogen) atoms. The number of aromatic nitrogens is 1. The number of Topliss-reactive ketones (excluding diaryl/α,β-unsaturated/α-hetero) is 1. The average Bonchev–Trinajstić information content (AvgIpc) is 2.76. The van der Waals surface area contributed by atoms with E-state index in [1.54, 1.807) is 18.4 Å². The summed E-state index contributed by atoms with van der Waals surface area (Å²) >= 11 is 0. The van der Waals surface area contributed by atoms with Crippen LogP contribution in [0.4, 0.5) is 0 Å². The third-order valence-corrected chi connectivity index (χ3v) is 2.44. The molecule has 4 heteroatoms. The predicted octanol–water partition coefficient (Wildman–Crippen LogP) is 2.18. The second-order valence-electron chi connectivity index (χ2n) is 3.83. The summed E-state index contributed by atoms with van der Waals surface area (Å²) in [5, 5.41) is 0. The highest BCUT2D eigenvalue weighted by atomic mass is 16.3. The van der Waals surface area contributed by atoms with E-state index in [0.29, 0.717) is 24.4 Å². The Morgan fingerprint density at radius 1 is 1.35 bits per heavy atom. The quantitative estimate of drug-likeness (QED) is 0.817. The zero-order chi connectivity index (χ0) is 12.3. The lowest BCUT2D eigenvalue weighted by Crippen LogP contribution is -2.07. The number of aryl methyl sites for hydroxylation is 1. The molecule has 0 aliphatic heterocycles. The van der Waals surface area contributed by atoms with Gasteiger partial charge in [-0.15, -0.1) is 0 Å². The first kappa shape index (κ1) is 11.5. The van der Waals surface area contributed by atoms with Crippen molar-refractivity contribution in [1.82, 2.24) is 4.98 Å². The molecule has 0 bridgehead atoms. The first-order valence-corrected chi connectivity index (χ1v) is 5.46. The number of rotatable bonds is 4. The molecule has 1 aromatic carbocycles. The summed E-state index contributed by atoms with van der Waals surface area (Å²) < 4.78 is 5.28. The van der Waals surface area contributed by atoms with Crippen molar-refractivity contribution in [2.45, 2.75) is 13.3 Å². The van der Waals surface area contributed by atoms with E-state index in [9.17, 15) is 4.79 Å². The molecule has 0 fully saturated rings. The second-order valence-corrected chi connectivity index (χ2v) is 3.83. The van der Waals surface area contributed by atoms with Gasteiger partial charge in [0.15, 0.2) is 5.78 Å². The van der Waals surface area contributed by atoms with Crippen molar-refractivity contribution in [2.75, 3.05) is 6.54 Å². The van der Waals surface area contributed by atoms with E-state index in [2.05, 4.69) is 4.98 Å². The van der Waals surface area contributed by atoms with Crippen LogP contribution in [0.1, 0.15) is 22.5 Å². The molecule has 2 N–H and O–H groups in total. The summed E-state index contributed by atoms with van der Waals surface area (Å²) in [4.78, 5) is 15.8. The molecule has 1 heterocycles. The van der Waals surface area contributed by atoms with Gasteiger partial charge in [0.1, 0.15) is 6.26 Å². The molecule has 0 radical (unpaired) electrons. The monoisotopic (exact) mass is 230 g/mol. The Hall–Kier alpha value is -1.94. The maximum Gasteiger partial charge on any atom is 0.226 e. The molecule has 0 spiro atoms. The Labute approximate surface area is 99.5 Å². The molecule has 0 saturated heterocycles. The molecule has 0 aliphatic rings. The highest BCUT2D eigenvalue weighted by molar-refractivity contribution is 5.96. The lowest BCUT2D eigenvalue weighted by molar-refractivity contribution is 0.0985. The van der Waals surface area contributed by atoms with Gasteiger partial charge < -0.3 is 10.2 Å². The maximum atomic E-state index is 11.6. The number of nitrogens with zero attached hydrogens (tertiary/aromatic N) is 1. The molecule has 0 atom stereocenters. The van der Waals surface area contributed by atoms with E-state index in [0.717, 1.165) is 11.3 Å². The number of nitrogens with two attached hydrogens (primary N) is 1. The van der Waals surface area contributed by atoms with Gasteiger partial charge in [-0.05, 0) is 25.6 Å². The fourth-order valence-corrected chi connectivity index (χ4v) is 1.56. The summed E-state index contributed by atoms with van der Waals surface area (Å²) in [6.07, 6.45) is 1.97. The first-order valence-electron chi connectivity index (χ1n) is 5.46. The minimum absolute atomic E-state index is 0.0580. The van der Waals surface area contributed by atoms with Gasteiger partial charge >= 0.3 is 0 Å². The lowest BCUT2D eigenvalue weighted by Gasteiger charge is -2.00. The minimum Gasteiger partial charge on any atom is -0.444 e. The summed E-state index contributed by atoms with van der Waals surface area (Å²) in [6.45, 7) is 2.24. The molecule has 4 nitrogen and oxygen atoms in total. The van der Waals surface area contributed by atoms with E-state index in [1.165, 1.54) is 0 Å². The molecule has 1 aromatic heterocycles. The maximum absolute atomic E-state index is 11.6. The van der Waals surface area contributed by atoms with Gasteiger partial charge in [0.25, 0.3) is 0 Å². The smallest absolute Gasteiger partial charge is 0.226 e. The molecule has 0 saturated carbocycles. The predicted molar refractivity (Wildman–Crippen MR) is 64.7 cm³/mol. The largest absolute Gasteiger partial charge is 0.444 e. The van der Waals surface area contributed by atoms with Crippen LogP contribution in [0, 0.1) is 6.92 Å². The summed E-state index contributed by atoms with van der Waals surface area (Å²) in [5.74, 6) is 0.628. The van der Waals surface area contributed by atoms with E-state index in [1.807, 2.05) is 19.1 Å². The van der Waals surface area contributed by atoms with Crippen molar-refractivity contribution >= 4 is 5.78 Å². The molecular weight excluding hydrogens is 216 g/mol. The van der Waals surface area contributed by atoms with Crippen LogP contribution in [0.3, 0.4) is 0 Å². The van der Waals surface area contributed by atoms with Gasteiger partial charge in [-0.25, -0.2) is 4.98 Å². The zero-order valence-electron chi connectivity index (χ0n) is 9.64. The third-order valence-electron chi connectivity index (χ3n) is 2.44. The van der Waals surface area contributed by atoms with Gasteiger partial charge in [-0.1, -0.05) is 12.1 Å². The fourth-order valence-electron chi connectivity index (χ4n) is 1.56. The highest BCUT2D eigenvalue weighted by Crippen LogP contribution is 2.19. The number of oxazole rings is 1. The van der Waals surface area contributed by atoms with Crippen molar-refractivity contribution in [1.29, 1.82) is 0 Å². The molecule has 2 rings (SSSR count). The number of benzene rings is 1. The van der Waals surface area contributed by atoms with E-state index in [4.69, 9.17) is 10.2 Å². The van der Waals surface area contributed by atoms with Gasteiger partial charge in [0, 0.05) is 17.5 Å². The van der Waals surface area contributed by atoms with Gasteiger partial charge in [0.2, 0.25) is 5.89 Å². The van der Waals surface area contributed by atoms with Crippen molar-refractivity contribution in [3.63, 3.8) is 0 Å². The normalized spacial score (nSPS) is 10.5. The van der Waals surface area contributed by atoms with Crippen molar-refractivity contribution in [2.24, 2.45) is 5.73 Å². The lowest BCUT2D eigenvalue weighted by atomic mass is 10.1. The minimum atomic E-state index is 0.0580. The molecule has 0 aliphatic carbocycles. The molecule has 2 aromatic rings. The van der Waals surface area contributed by atoms with Crippen molar-refractivity contribution in [3.05, 3.63) is 41.8 Å². The summed E-state index contributed by atoms with van der Waals surface area (Å²) in [5.41, 5.74) is 7.71. The summed E-state index contributed by atoms with van der Waals surface area (Å²) in [6, 6.07) is 7.20. The SMILES string of the molecule is Cc1coc(-c2ccc(C(=O)CCN)cc2)n1. The average molecular weight is 230 g/mol. The number of carbonyl (C=O) groups excluding carboxylic acids is 1. The van der Waals surface area contributed by atoms with E-state index >= 15 is 0 Å². The molecule has 88 valence electrons. The van der Waals surface area contributed by atoms with Crippen LogP contribution < -0.4 is 5.73 Å². The zero-order valence-corrected chi connectivity index (χ0v) is 9.64. The van der Waals surface area contributed by atoms with Gasteiger partial charge in [-0.3, -0.25) is 4.79 Å². The highest BCUT2D eigenvalue weighted by Gasteiger charge is 2.07. The molecular formula is C13H14N2O2. The molecule has 0 amide bonds. The Bertz CT molecular complexity index is 514. The van der Waals surface area contributed by atoms with Crippen LogP contribution >= 0.6 is 0 Å². The first-order chi connectivity index (χ1) is 8.20. The van der Waals surface area contributed by atoms with Crippen LogP contribution in [-0.4, -0.2) is 17.3 Å². The third kappa shape index (κ3) is 2.60. The second kappa shape index (κ2) is 4.93. The van der Waals surface area contributed by atoms with E-state index < -0.39 is 0 Å². The van der Waals surface area contributed by atoms with Crippen molar-refractivity contribution in [3.8, 4) is 11.5 Å². The van der Waals surface area contributed by atoms with Crippen molar-refractivity contribution < 1.29 is 9.21 Å². The Balaban J connectivity index is 2.21. The standard InChI is InChI=1S/C13H14N2O2/c1-9-8-17-13(15-9)11-4-2-10(3-5-11)12(16)6-7-14/h2-5,8H,6-7,14H2,1H3. The molecule has 0 unspecified atom stereocenters. The Kier molecular flexibility index (Phi) is 3.35. The number of ketones is 1. The van der Waals surface area contributed by atoms with E-state index in [-0.39, 0.29) is 5.78 Å². The van der Waals surface area contributed by atoms with Crippen LogP contribution in [0.2, 0.25) is 0 Å². The van der Waals surface area contributed by atoms with Crippen LogP contribution in [0.5, 0.6) is 0 Å². The topological polar surface area (TPSA) is 69.1 Å². The fraction of sp³-hybridized carbons (Fsp3) is 0.231. The number of carbonyl (C=O) groups is 1. The Morgan fingerprint density at radius 3 is 2.59 bits per heavy atom. The number of hydrogen-bond acceptors (Lipinski definition) is 4. The summed E-state index contributed by atoms with van der Waals surface area (Å²) in [7, 11) is 0. The van der Waals surface area contributed by atoms with Gasteiger partial charge in [0.05, 0.1) is 5.69 Å². The van der Waals surface area contributed by atoms with Gasteiger partial charge in [-0.2, -0.15) is 0 Å². The van der Waals surface area contributed by atoms with Crippen LogP contribution in [0.15, 0.2) is 34.9 Å².